The van der Waals surface area contributed by atoms with Crippen LogP contribution in [-0.4, -0.2) is 13.9 Å². The van der Waals surface area contributed by atoms with Crippen molar-refractivity contribution >= 4 is 11.3 Å². The van der Waals surface area contributed by atoms with Gasteiger partial charge in [-0.15, -0.1) is 11.3 Å². The van der Waals surface area contributed by atoms with Gasteiger partial charge in [0.25, 0.3) is 0 Å². The van der Waals surface area contributed by atoms with Crippen LogP contribution in [0.3, 0.4) is 0 Å². The summed E-state index contributed by atoms with van der Waals surface area (Å²) in [7, 11) is 1.64. The molecule has 21 heavy (non-hydrogen) atoms. The first-order valence-electron chi connectivity index (χ1n) is 6.74. The third-order valence-corrected chi connectivity index (χ3v) is 4.20. The number of methoxy groups -OCH3 is 1. The third-order valence-electron chi connectivity index (χ3n) is 3.19. The van der Waals surface area contributed by atoms with Crippen LogP contribution >= 0.6 is 11.3 Å². The predicted molar refractivity (Wildman–Crippen MR) is 87.7 cm³/mol. The number of benzene rings is 2. The maximum Gasteiger partial charge on any atom is 0.188 e. The van der Waals surface area contributed by atoms with Crippen molar-refractivity contribution in [2.75, 3.05) is 13.9 Å². The van der Waals surface area contributed by atoms with Crippen LogP contribution < -0.4 is 4.74 Å². The zero-order valence-electron chi connectivity index (χ0n) is 11.8. The topological polar surface area (TPSA) is 18.5 Å². The molecule has 1 heterocycles. The Balaban J connectivity index is 2.07. The van der Waals surface area contributed by atoms with Crippen molar-refractivity contribution in [3.63, 3.8) is 0 Å². The van der Waals surface area contributed by atoms with Crippen LogP contribution in [0, 0.1) is 0 Å². The molecule has 0 aliphatic carbocycles. The Bertz CT molecular complexity index is 633. The summed E-state index contributed by atoms with van der Waals surface area (Å²) in [6.45, 7) is 0.246. The minimum atomic E-state index is 0.246. The molecule has 1 aromatic heterocycles. The Morgan fingerprint density at radius 1 is 0.857 bits per heavy atom. The monoisotopic (exact) mass is 296 g/mol. The van der Waals surface area contributed by atoms with Crippen molar-refractivity contribution < 1.29 is 9.47 Å². The van der Waals surface area contributed by atoms with Crippen molar-refractivity contribution in [3.05, 3.63) is 66.0 Å². The van der Waals surface area contributed by atoms with E-state index in [0.717, 1.165) is 27.3 Å². The molecule has 0 aliphatic heterocycles. The summed E-state index contributed by atoms with van der Waals surface area (Å²) in [6, 6.07) is 20.6. The predicted octanol–water partition coefficient (Wildman–Crippen LogP) is 5.06. The van der Waals surface area contributed by atoms with E-state index in [0.29, 0.717) is 0 Å². The van der Waals surface area contributed by atoms with Crippen molar-refractivity contribution in [3.8, 4) is 27.3 Å². The molecule has 0 saturated carbocycles. The average molecular weight is 296 g/mol. The average Bonchev–Trinajstić information content (AvgIpc) is 2.98. The first-order valence-corrected chi connectivity index (χ1v) is 7.62. The maximum absolute atomic E-state index is 5.85. The molecule has 0 spiro atoms. The molecular weight excluding hydrogens is 280 g/mol. The van der Waals surface area contributed by atoms with E-state index in [4.69, 9.17) is 9.47 Å². The summed E-state index contributed by atoms with van der Waals surface area (Å²) >= 11 is 1.69. The van der Waals surface area contributed by atoms with Gasteiger partial charge in [-0.1, -0.05) is 60.7 Å². The molecule has 2 nitrogen and oxygen atoms in total. The number of thiophene rings is 1. The summed E-state index contributed by atoms with van der Waals surface area (Å²) in [5.74, 6) is 0.888. The van der Waals surface area contributed by atoms with Crippen LogP contribution in [-0.2, 0) is 4.74 Å². The van der Waals surface area contributed by atoms with E-state index in [1.807, 2.05) is 36.4 Å². The fourth-order valence-corrected chi connectivity index (χ4v) is 3.24. The minimum absolute atomic E-state index is 0.246. The van der Waals surface area contributed by atoms with E-state index in [1.165, 1.54) is 0 Å². The second-order valence-corrected chi connectivity index (χ2v) is 5.47. The van der Waals surface area contributed by atoms with Gasteiger partial charge in [0, 0.05) is 18.1 Å². The van der Waals surface area contributed by atoms with Gasteiger partial charge < -0.3 is 9.47 Å². The van der Waals surface area contributed by atoms with Crippen molar-refractivity contribution in [2.24, 2.45) is 0 Å². The van der Waals surface area contributed by atoms with Crippen molar-refractivity contribution in [2.45, 2.75) is 0 Å². The Morgan fingerprint density at radius 2 is 1.48 bits per heavy atom. The molecule has 2 aromatic carbocycles. The molecule has 0 N–H and O–H groups in total. The molecule has 0 bridgehead atoms. The molecule has 0 atom stereocenters. The Labute approximate surface area is 128 Å². The van der Waals surface area contributed by atoms with E-state index in [2.05, 4.69) is 29.6 Å². The van der Waals surface area contributed by atoms with E-state index in [9.17, 15) is 0 Å². The number of hydrogen-bond acceptors (Lipinski definition) is 3. The third kappa shape index (κ3) is 2.99. The van der Waals surface area contributed by atoms with Gasteiger partial charge in [0.05, 0.1) is 4.88 Å². The largest absolute Gasteiger partial charge is 0.465 e. The van der Waals surface area contributed by atoms with Gasteiger partial charge in [0.15, 0.2) is 6.79 Å². The highest BCUT2D eigenvalue weighted by Gasteiger charge is 2.16. The molecule has 0 saturated heterocycles. The Morgan fingerprint density at radius 3 is 2.10 bits per heavy atom. The first-order chi connectivity index (χ1) is 10.4. The lowest BCUT2D eigenvalue weighted by Gasteiger charge is -2.09. The van der Waals surface area contributed by atoms with E-state index >= 15 is 0 Å². The lowest BCUT2D eigenvalue weighted by molar-refractivity contribution is 0.0522. The molecule has 3 heteroatoms. The zero-order valence-corrected chi connectivity index (χ0v) is 12.6. The van der Waals surface area contributed by atoms with Crippen LogP contribution in [0.5, 0.6) is 5.75 Å². The molecular formula is C18H16O2S. The summed E-state index contributed by atoms with van der Waals surface area (Å²) < 4.78 is 10.9. The molecule has 0 aliphatic rings. The first kappa shape index (κ1) is 13.9. The zero-order chi connectivity index (χ0) is 14.5. The lowest BCUT2D eigenvalue weighted by atomic mass is 10.1. The molecule has 0 unspecified atom stereocenters. The highest BCUT2D eigenvalue weighted by Crippen LogP contribution is 2.44. The number of hydrogen-bond donors (Lipinski definition) is 0. The van der Waals surface area contributed by atoms with Gasteiger partial charge in [-0.25, -0.2) is 0 Å². The number of ether oxygens (including phenoxy) is 2. The molecule has 0 fully saturated rings. The van der Waals surface area contributed by atoms with Crippen LogP contribution in [0.4, 0.5) is 0 Å². The van der Waals surface area contributed by atoms with Crippen LogP contribution in [0.15, 0.2) is 66.0 Å². The Kier molecular flexibility index (Phi) is 4.34. The quantitative estimate of drug-likeness (QED) is 0.612. The SMILES string of the molecule is COCOc1c(-c2ccccc2)csc1-c1ccccc1. The van der Waals surface area contributed by atoms with Crippen molar-refractivity contribution in [1.82, 2.24) is 0 Å². The summed E-state index contributed by atoms with van der Waals surface area (Å²) in [5.41, 5.74) is 3.43. The minimum Gasteiger partial charge on any atom is -0.465 e. The van der Waals surface area contributed by atoms with Crippen LogP contribution in [0.1, 0.15) is 0 Å². The number of rotatable bonds is 5. The van der Waals surface area contributed by atoms with E-state index in [1.54, 1.807) is 18.4 Å². The highest BCUT2D eigenvalue weighted by atomic mass is 32.1. The molecule has 106 valence electrons. The second kappa shape index (κ2) is 6.57. The molecule has 0 amide bonds. The van der Waals surface area contributed by atoms with E-state index < -0.39 is 0 Å². The smallest absolute Gasteiger partial charge is 0.188 e. The highest BCUT2D eigenvalue weighted by molar-refractivity contribution is 7.14. The van der Waals surface area contributed by atoms with Gasteiger partial charge in [0.2, 0.25) is 0 Å². The lowest BCUT2D eigenvalue weighted by Crippen LogP contribution is -1.99. The van der Waals surface area contributed by atoms with Gasteiger partial charge in [-0.05, 0) is 11.1 Å². The van der Waals surface area contributed by atoms with Crippen LogP contribution in [0.2, 0.25) is 0 Å². The summed E-state index contributed by atoms with van der Waals surface area (Å²) in [4.78, 5) is 1.13. The van der Waals surface area contributed by atoms with Gasteiger partial charge >= 0.3 is 0 Å². The normalized spacial score (nSPS) is 10.5. The maximum atomic E-state index is 5.85. The molecule has 3 rings (SSSR count). The fraction of sp³-hybridized carbons (Fsp3) is 0.111. The van der Waals surface area contributed by atoms with E-state index in [-0.39, 0.29) is 6.79 Å². The summed E-state index contributed by atoms with van der Waals surface area (Å²) in [5, 5.41) is 2.14. The fourth-order valence-electron chi connectivity index (χ4n) is 2.21. The Hall–Kier alpha value is -2.10. The standard InChI is InChI=1S/C18H16O2S/c1-19-13-20-17-16(14-8-4-2-5-9-14)12-21-18(17)15-10-6-3-7-11-15/h2-12H,13H2,1H3. The molecule has 0 radical (unpaired) electrons. The van der Waals surface area contributed by atoms with Crippen LogP contribution in [0.25, 0.3) is 21.6 Å². The van der Waals surface area contributed by atoms with Gasteiger partial charge in [0.1, 0.15) is 5.75 Å². The second-order valence-electron chi connectivity index (χ2n) is 4.59. The van der Waals surface area contributed by atoms with Crippen molar-refractivity contribution in [1.29, 1.82) is 0 Å². The summed E-state index contributed by atoms with van der Waals surface area (Å²) in [6.07, 6.45) is 0. The van der Waals surface area contributed by atoms with Gasteiger partial charge in [-0.3, -0.25) is 0 Å². The molecule has 3 aromatic rings. The van der Waals surface area contributed by atoms with Gasteiger partial charge in [-0.2, -0.15) is 0 Å².